The van der Waals surface area contributed by atoms with Gasteiger partial charge in [-0.2, -0.15) is 5.10 Å². The monoisotopic (exact) mass is 332 g/mol. The highest BCUT2D eigenvalue weighted by atomic mass is 16.6. The number of aromatic amines is 1. The van der Waals surface area contributed by atoms with Crippen molar-refractivity contribution < 1.29 is 9.66 Å². The fourth-order valence-corrected chi connectivity index (χ4v) is 2.84. The summed E-state index contributed by atoms with van der Waals surface area (Å²) in [4.78, 5) is 19.4. The first-order valence-electron chi connectivity index (χ1n) is 7.74. The van der Waals surface area contributed by atoms with E-state index >= 15 is 0 Å². The molecule has 1 aromatic carbocycles. The third-order valence-electron chi connectivity index (χ3n) is 4.11. The first kappa shape index (κ1) is 16.2. The Morgan fingerprint density at radius 3 is 2.67 bits per heavy atom. The van der Waals surface area contributed by atoms with Gasteiger partial charge >= 0.3 is 5.69 Å². The van der Waals surface area contributed by atoms with Crippen LogP contribution in [0, 0.1) is 17.0 Å². The second kappa shape index (κ2) is 6.83. The summed E-state index contributed by atoms with van der Waals surface area (Å²) in [7, 11) is 1.45. The smallest absolute Gasteiger partial charge is 0.311 e. The van der Waals surface area contributed by atoms with Gasteiger partial charge < -0.3 is 9.64 Å². The highest BCUT2D eigenvalue weighted by Crippen LogP contribution is 2.31. The fourth-order valence-electron chi connectivity index (χ4n) is 2.84. The average molecular weight is 332 g/mol. The van der Waals surface area contributed by atoms with Gasteiger partial charge in [0, 0.05) is 44.0 Å². The molecule has 1 fully saturated rings. The molecule has 2 aromatic rings. The molecule has 3 rings (SSSR count). The molecule has 0 radical (unpaired) electrons. The van der Waals surface area contributed by atoms with E-state index in [1.807, 2.05) is 6.92 Å². The Hall–Kier alpha value is -2.68. The number of nitrogens with zero attached hydrogens (tertiary/aromatic N) is 5. The summed E-state index contributed by atoms with van der Waals surface area (Å²) in [6, 6.07) is 5.00. The van der Waals surface area contributed by atoms with E-state index in [0.29, 0.717) is 0 Å². The molecule has 0 bridgehead atoms. The van der Waals surface area contributed by atoms with Crippen molar-refractivity contribution in [3.63, 3.8) is 0 Å². The van der Waals surface area contributed by atoms with Crippen LogP contribution in [0.25, 0.3) is 0 Å². The van der Waals surface area contributed by atoms with Gasteiger partial charge in [-0.15, -0.1) is 0 Å². The molecular formula is C15H20N6O3. The lowest BCUT2D eigenvalue weighted by molar-refractivity contribution is -0.385. The molecule has 1 aliphatic heterocycles. The SMILES string of the molecule is COc1cc(N2CCN(Cc3n[nH]c(C)n3)CC2)ccc1[N+](=O)[O-]. The maximum Gasteiger partial charge on any atom is 0.311 e. The van der Waals surface area contributed by atoms with E-state index in [4.69, 9.17) is 4.74 Å². The minimum Gasteiger partial charge on any atom is -0.490 e. The normalized spacial score (nSPS) is 15.5. The van der Waals surface area contributed by atoms with Gasteiger partial charge in [0.1, 0.15) is 5.82 Å². The van der Waals surface area contributed by atoms with Gasteiger partial charge in [-0.05, 0) is 13.0 Å². The van der Waals surface area contributed by atoms with Gasteiger partial charge in [-0.3, -0.25) is 20.1 Å². The van der Waals surface area contributed by atoms with Crippen LogP contribution in [-0.4, -0.2) is 58.3 Å². The van der Waals surface area contributed by atoms with Crippen molar-refractivity contribution >= 4 is 11.4 Å². The summed E-state index contributed by atoms with van der Waals surface area (Å²) in [6.07, 6.45) is 0. The summed E-state index contributed by atoms with van der Waals surface area (Å²) >= 11 is 0. The molecule has 1 aliphatic rings. The molecule has 128 valence electrons. The van der Waals surface area contributed by atoms with Crippen LogP contribution in [0.1, 0.15) is 11.6 Å². The molecule has 0 atom stereocenters. The first-order chi connectivity index (χ1) is 11.6. The fraction of sp³-hybridized carbons (Fsp3) is 0.467. The van der Waals surface area contributed by atoms with Gasteiger partial charge in [-0.1, -0.05) is 0 Å². The van der Waals surface area contributed by atoms with Crippen molar-refractivity contribution in [3.05, 3.63) is 40.0 Å². The molecule has 9 nitrogen and oxygen atoms in total. The zero-order chi connectivity index (χ0) is 17.1. The minimum absolute atomic E-state index is 0.0140. The van der Waals surface area contributed by atoms with Crippen LogP contribution in [0.15, 0.2) is 18.2 Å². The van der Waals surface area contributed by atoms with Crippen LogP contribution >= 0.6 is 0 Å². The zero-order valence-electron chi connectivity index (χ0n) is 13.7. The topological polar surface area (TPSA) is 100 Å². The number of aryl methyl sites for hydroxylation is 1. The number of hydrogen-bond acceptors (Lipinski definition) is 7. The summed E-state index contributed by atoms with van der Waals surface area (Å²) in [5, 5.41) is 18.0. The lowest BCUT2D eigenvalue weighted by atomic mass is 10.2. The number of aromatic nitrogens is 3. The molecule has 0 spiro atoms. The number of H-pyrrole nitrogens is 1. The summed E-state index contributed by atoms with van der Waals surface area (Å²) in [5.74, 6) is 1.91. The molecule has 0 unspecified atom stereocenters. The number of ether oxygens (including phenoxy) is 1. The molecule has 1 aromatic heterocycles. The largest absolute Gasteiger partial charge is 0.490 e. The van der Waals surface area contributed by atoms with Gasteiger partial charge in [0.2, 0.25) is 0 Å². The Bertz CT molecular complexity index is 724. The number of nitro benzene ring substituents is 1. The number of anilines is 1. The standard InChI is InChI=1S/C15H20N6O3/c1-11-16-15(18-17-11)10-19-5-7-20(8-6-19)12-3-4-13(21(22)23)14(9-12)24-2/h3-4,9H,5-8,10H2,1-2H3,(H,16,17,18). The predicted molar refractivity (Wildman–Crippen MR) is 88.3 cm³/mol. The van der Waals surface area contributed by atoms with Crippen molar-refractivity contribution in [2.45, 2.75) is 13.5 Å². The third kappa shape index (κ3) is 3.46. The van der Waals surface area contributed by atoms with Gasteiger partial charge in [-0.25, -0.2) is 4.98 Å². The van der Waals surface area contributed by atoms with Crippen LogP contribution in [0.5, 0.6) is 5.75 Å². The van der Waals surface area contributed by atoms with Crippen molar-refractivity contribution in [3.8, 4) is 5.75 Å². The van der Waals surface area contributed by atoms with Crippen molar-refractivity contribution in [2.75, 3.05) is 38.2 Å². The van der Waals surface area contributed by atoms with E-state index in [9.17, 15) is 10.1 Å². The predicted octanol–water partition coefficient (Wildman–Crippen LogP) is 1.35. The minimum atomic E-state index is -0.431. The molecule has 1 saturated heterocycles. The van der Waals surface area contributed by atoms with Crippen molar-refractivity contribution in [1.82, 2.24) is 20.1 Å². The molecule has 0 amide bonds. The van der Waals surface area contributed by atoms with Gasteiger partial charge in [0.25, 0.3) is 0 Å². The quantitative estimate of drug-likeness (QED) is 0.651. The highest BCUT2D eigenvalue weighted by molar-refractivity contribution is 5.59. The van der Waals surface area contributed by atoms with E-state index in [0.717, 1.165) is 50.1 Å². The summed E-state index contributed by atoms with van der Waals surface area (Å²) < 4.78 is 5.14. The Morgan fingerprint density at radius 2 is 2.08 bits per heavy atom. The van der Waals surface area contributed by atoms with E-state index < -0.39 is 4.92 Å². The number of nitro groups is 1. The molecule has 0 aliphatic carbocycles. The number of benzene rings is 1. The van der Waals surface area contributed by atoms with E-state index in [1.165, 1.54) is 13.2 Å². The number of piperazine rings is 1. The Balaban J connectivity index is 1.63. The van der Waals surface area contributed by atoms with Crippen LogP contribution < -0.4 is 9.64 Å². The van der Waals surface area contributed by atoms with Gasteiger partial charge in [0.15, 0.2) is 11.6 Å². The zero-order valence-corrected chi connectivity index (χ0v) is 13.7. The molecule has 2 heterocycles. The van der Waals surface area contributed by atoms with E-state index in [-0.39, 0.29) is 11.4 Å². The number of methoxy groups -OCH3 is 1. The Labute approximate surface area is 139 Å². The number of hydrogen-bond donors (Lipinski definition) is 1. The average Bonchev–Trinajstić information content (AvgIpc) is 2.99. The lowest BCUT2D eigenvalue weighted by Crippen LogP contribution is -2.46. The maximum absolute atomic E-state index is 11.0. The molecule has 1 N–H and O–H groups in total. The van der Waals surface area contributed by atoms with Crippen LogP contribution in [0.2, 0.25) is 0 Å². The Kier molecular flexibility index (Phi) is 4.61. The molecule has 24 heavy (non-hydrogen) atoms. The third-order valence-corrected chi connectivity index (χ3v) is 4.11. The molecule has 0 saturated carbocycles. The molecule has 9 heteroatoms. The number of rotatable bonds is 5. The maximum atomic E-state index is 11.0. The highest BCUT2D eigenvalue weighted by Gasteiger charge is 2.21. The first-order valence-corrected chi connectivity index (χ1v) is 7.74. The van der Waals surface area contributed by atoms with Crippen molar-refractivity contribution in [2.24, 2.45) is 0 Å². The second-order valence-corrected chi connectivity index (χ2v) is 5.71. The summed E-state index contributed by atoms with van der Waals surface area (Å²) in [6.45, 7) is 6.05. The van der Waals surface area contributed by atoms with Gasteiger partial charge in [0.05, 0.1) is 18.6 Å². The molecular weight excluding hydrogens is 312 g/mol. The second-order valence-electron chi connectivity index (χ2n) is 5.71. The van der Waals surface area contributed by atoms with Crippen LogP contribution in [0.4, 0.5) is 11.4 Å². The van der Waals surface area contributed by atoms with Crippen LogP contribution in [0.3, 0.4) is 0 Å². The van der Waals surface area contributed by atoms with Crippen LogP contribution in [-0.2, 0) is 6.54 Å². The Morgan fingerprint density at radius 1 is 1.33 bits per heavy atom. The lowest BCUT2D eigenvalue weighted by Gasteiger charge is -2.35. The summed E-state index contributed by atoms with van der Waals surface area (Å²) in [5.41, 5.74) is 0.922. The van der Waals surface area contributed by atoms with Crippen molar-refractivity contribution in [1.29, 1.82) is 0 Å². The van der Waals surface area contributed by atoms with E-state index in [1.54, 1.807) is 12.1 Å². The van der Waals surface area contributed by atoms with E-state index in [2.05, 4.69) is 25.0 Å². The number of nitrogens with one attached hydrogen (secondary N) is 1.